The highest BCUT2D eigenvalue weighted by atomic mass is 16.4. The topological polar surface area (TPSA) is 112 Å². The number of carbonyl (C=O) groups is 5. The van der Waals surface area contributed by atoms with Crippen molar-refractivity contribution in [1.82, 2.24) is 4.90 Å². The molecule has 0 fully saturated rings. The van der Waals surface area contributed by atoms with E-state index in [1.165, 1.54) is 42.2 Å². The van der Waals surface area contributed by atoms with E-state index in [0.29, 0.717) is 5.56 Å². The number of benzene rings is 3. The van der Waals surface area contributed by atoms with Gasteiger partial charge in [-0.25, -0.2) is 9.69 Å². The number of rotatable bonds is 5. The van der Waals surface area contributed by atoms with E-state index in [9.17, 15) is 24.0 Å². The second-order valence-electron chi connectivity index (χ2n) is 8.08. The molecule has 3 amide bonds. The smallest absolute Gasteiger partial charge is 0.335 e. The van der Waals surface area contributed by atoms with Crippen molar-refractivity contribution in [2.45, 2.75) is 6.92 Å². The fourth-order valence-electron chi connectivity index (χ4n) is 3.24. The van der Waals surface area contributed by atoms with Crippen molar-refractivity contribution in [2.24, 2.45) is 0 Å². The molecular weight excluding hydrogens is 460 g/mol. The molecule has 0 radical (unpaired) electrons. The molecule has 0 saturated carbocycles. The van der Waals surface area contributed by atoms with Gasteiger partial charge in [0, 0.05) is 26.6 Å². The summed E-state index contributed by atoms with van der Waals surface area (Å²) < 4.78 is 0. The Morgan fingerprint density at radius 1 is 0.806 bits per heavy atom. The van der Waals surface area contributed by atoms with Crippen LogP contribution in [-0.2, 0) is 4.79 Å². The second kappa shape index (κ2) is 11.1. The summed E-state index contributed by atoms with van der Waals surface area (Å²) >= 11 is 0. The summed E-state index contributed by atoms with van der Waals surface area (Å²) in [5.74, 6) is -2.55. The molecule has 182 valence electrons. The summed E-state index contributed by atoms with van der Waals surface area (Å²) in [6.45, 7) is 1.53. The number of hydrogen-bond donors (Lipinski definition) is 1. The highest BCUT2D eigenvalue weighted by molar-refractivity contribution is 6.34. The van der Waals surface area contributed by atoms with Gasteiger partial charge in [0.25, 0.3) is 11.8 Å². The van der Waals surface area contributed by atoms with Gasteiger partial charge in [-0.15, -0.1) is 0 Å². The molecule has 0 spiro atoms. The minimum Gasteiger partial charge on any atom is -0.478 e. The van der Waals surface area contributed by atoms with E-state index in [2.05, 4.69) is 0 Å². The third kappa shape index (κ3) is 5.79. The number of carbonyl (C=O) groups excluding carboxylic acids is 4. The van der Waals surface area contributed by atoms with E-state index in [4.69, 9.17) is 5.11 Å². The normalized spacial score (nSPS) is 12.1. The van der Waals surface area contributed by atoms with Crippen molar-refractivity contribution >= 4 is 41.2 Å². The van der Waals surface area contributed by atoms with Gasteiger partial charge in [0.2, 0.25) is 5.91 Å². The molecule has 0 atom stereocenters. The van der Waals surface area contributed by atoms with Crippen LogP contribution >= 0.6 is 0 Å². The highest BCUT2D eigenvalue weighted by Gasteiger charge is 2.37. The first-order valence-corrected chi connectivity index (χ1v) is 10.9. The third-order valence-corrected chi connectivity index (χ3v) is 5.38. The van der Waals surface area contributed by atoms with Crippen molar-refractivity contribution in [2.75, 3.05) is 19.0 Å². The third-order valence-electron chi connectivity index (χ3n) is 5.38. The monoisotopic (exact) mass is 484 g/mol. The van der Waals surface area contributed by atoms with Crippen LogP contribution < -0.4 is 4.90 Å². The first-order valence-electron chi connectivity index (χ1n) is 10.9. The molecule has 1 N–H and O–H groups in total. The summed E-state index contributed by atoms with van der Waals surface area (Å²) in [6.07, 6.45) is 3.11. The van der Waals surface area contributed by atoms with Gasteiger partial charge in [0.05, 0.1) is 22.4 Å². The van der Waals surface area contributed by atoms with Crippen molar-refractivity contribution < 1.29 is 29.1 Å². The van der Waals surface area contributed by atoms with Crippen LogP contribution in [0.4, 0.5) is 5.69 Å². The lowest BCUT2D eigenvalue weighted by Gasteiger charge is -2.14. The Morgan fingerprint density at radius 3 is 2.06 bits per heavy atom. The maximum absolute atomic E-state index is 12.8. The van der Waals surface area contributed by atoms with E-state index >= 15 is 0 Å². The fourth-order valence-corrected chi connectivity index (χ4v) is 3.24. The lowest BCUT2D eigenvalue weighted by molar-refractivity contribution is -0.126. The maximum atomic E-state index is 12.8. The average molecular weight is 485 g/mol. The van der Waals surface area contributed by atoms with E-state index in [0.717, 1.165) is 10.5 Å². The number of carboxylic acids is 1. The molecule has 1 aliphatic heterocycles. The van der Waals surface area contributed by atoms with E-state index < -0.39 is 17.8 Å². The molecule has 3 aromatic carbocycles. The number of amides is 3. The van der Waals surface area contributed by atoms with Gasteiger partial charge in [0.15, 0.2) is 5.78 Å². The van der Waals surface area contributed by atoms with Crippen LogP contribution in [0.1, 0.15) is 53.9 Å². The summed E-state index contributed by atoms with van der Waals surface area (Å²) in [5.41, 5.74) is 1.52. The first kappa shape index (κ1) is 25.8. The first-order chi connectivity index (χ1) is 17.1. The van der Waals surface area contributed by atoms with Crippen LogP contribution in [0, 0.1) is 0 Å². The molecule has 1 aliphatic rings. The molecule has 8 heteroatoms. The van der Waals surface area contributed by atoms with Gasteiger partial charge in [-0.2, -0.15) is 0 Å². The van der Waals surface area contributed by atoms with Crippen molar-refractivity contribution in [3.05, 3.63) is 107 Å². The number of allylic oxidation sites excluding steroid dienone is 1. The van der Waals surface area contributed by atoms with E-state index in [-0.39, 0.29) is 34.1 Å². The number of hydrogen-bond acceptors (Lipinski definition) is 5. The molecule has 36 heavy (non-hydrogen) atoms. The van der Waals surface area contributed by atoms with Gasteiger partial charge >= 0.3 is 5.97 Å². The number of ketones is 1. The maximum Gasteiger partial charge on any atom is 0.335 e. The van der Waals surface area contributed by atoms with Crippen molar-refractivity contribution in [3.63, 3.8) is 0 Å². The number of imide groups is 1. The Hall–Kier alpha value is -4.85. The average Bonchev–Trinajstić information content (AvgIpc) is 3.12. The Balaban J connectivity index is 0.000000538. The molecule has 0 bridgehead atoms. The summed E-state index contributed by atoms with van der Waals surface area (Å²) in [7, 11) is 3.45. The van der Waals surface area contributed by atoms with E-state index in [1.54, 1.807) is 38.4 Å². The van der Waals surface area contributed by atoms with Crippen molar-refractivity contribution in [3.8, 4) is 0 Å². The van der Waals surface area contributed by atoms with Crippen LogP contribution in [0.5, 0.6) is 0 Å². The predicted molar refractivity (Wildman–Crippen MR) is 135 cm³/mol. The number of fused-ring (bicyclic) bond motifs is 1. The minimum absolute atomic E-state index is 0.0283. The zero-order valence-corrected chi connectivity index (χ0v) is 20.0. The van der Waals surface area contributed by atoms with E-state index in [1.807, 2.05) is 30.3 Å². The molecule has 8 nitrogen and oxygen atoms in total. The van der Waals surface area contributed by atoms with Crippen LogP contribution in [0.3, 0.4) is 0 Å². The molecular formula is C28H24N2O6. The van der Waals surface area contributed by atoms with Gasteiger partial charge in [0.1, 0.15) is 0 Å². The van der Waals surface area contributed by atoms with Gasteiger partial charge < -0.3 is 10.0 Å². The number of aromatic carboxylic acids is 1. The van der Waals surface area contributed by atoms with Gasteiger partial charge in [-0.1, -0.05) is 48.5 Å². The molecule has 0 aliphatic carbocycles. The van der Waals surface area contributed by atoms with Crippen molar-refractivity contribution in [1.29, 1.82) is 0 Å². The minimum atomic E-state index is -1.19. The van der Waals surface area contributed by atoms with Crippen LogP contribution in [0.2, 0.25) is 0 Å². The largest absolute Gasteiger partial charge is 0.478 e. The zero-order valence-electron chi connectivity index (χ0n) is 20.0. The molecule has 4 rings (SSSR count). The predicted octanol–water partition coefficient (Wildman–Crippen LogP) is 4.18. The lowest BCUT2D eigenvalue weighted by atomic mass is 10.1. The van der Waals surface area contributed by atoms with Crippen LogP contribution in [0.15, 0.2) is 78.9 Å². The van der Waals surface area contributed by atoms with Gasteiger partial charge in [-0.05, 0) is 42.0 Å². The van der Waals surface area contributed by atoms with Gasteiger partial charge in [-0.3, -0.25) is 19.2 Å². The zero-order chi connectivity index (χ0) is 26.4. The Bertz CT molecular complexity index is 1380. The lowest BCUT2D eigenvalue weighted by Crippen LogP contribution is -2.29. The Labute approximate surface area is 208 Å². The SMILES string of the molecule is CC(=O)N(C)C.O=C(O)c1ccc2c(c1)C(=O)N(c1cccc(C(=O)/C=C/c3ccccc3)c1)C2=O. The molecule has 0 unspecified atom stereocenters. The molecule has 0 aromatic heterocycles. The molecule has 0 saturated heterocycles. The fraction of sp³-hybridized carbons (Fsp3) is 0.107. The summed E-state index contributed by atoms with van der Waals surface area (Å²) in [6, 6.07) is 19.3. The Morgan fingerprint density at radius 2 is 1.44 bits per heavy atom. The van der Waals surface area contributed by atoms with Crippen LogP contribution in [0.25, 0.3) is 6.08 Å². The molecule has 1 heterocycles. The number of nitrogens with zero attached hydrogens (tertiary/aromatic N) is 2. The number of anilines is 1. The standard InChI is InChI=1S/C24H15NO5.C4H9NO/c26-21(12-9-15-5-2-1-3-6-15)16-7-4-8-18(13-16)25-22(27)19-11-10-17(24(29)30)14-20(19)23(25)28;1-4(6)5(2)3/h1-14H,(H,29,30);1-3H3/b12-9+;. The number of carboxylic acid groups (broad SMARTS) is 1. The highest BCUT2D eigenvalue weighted by Crippen LogP contribution is 2.29. The van der Waals surface area contributed by atoms with Crippen LogP contribution in [-0.4, -0.2) is 53.6 Å². The quantitative estimate of drug-likeness (QED) is 0.330. The summed E-state index contributed by atoms with van der Waals surface area (Å²) in [4.78, 5) is 61.8. The second-order valence-corrected chi connectivity index (χ2v) is 8.08. The Kier molecular flexibility index (Phi) is 7.91. The molecule has 3 aromatic rings. The summed E-state index contributed by atoms with van der Waals surface area (Å²) in [5, 5.41) is 9.13.